The predicted molar refractivity (Wildman–Crippen MR) is 50.1 cm³/mol. The van der Waals surface area contributed by atoms with Gasteiger partial charge in [0.2, 0.25) is 0 Å². The van der Waals surface area contributed by atoms with E-state index in [0.717, 1.165) is 11.0 Å². The molecular weight excluding hydrogens is 150 g/mol. The van der Waals surface area contributed by atoms with Crippen LogP contribution in [0.4, 0.5) is 0 Å². The molecule has 0 saturated heterocycles. The third kappa shape index (κ3) is 0.978. The standard InChI is InChI=1S/C9H11N3.H2/c1-6(2)7-3-4-10-8-5-11-12-9(7)8;/h3-6H,1-2H3,(H,11,12);1H. The smallest absolute Gasteiger partial charge is 0.108 e. The van der Waals surface area contributed by atoms with Crippen LogP contribution in [-0.2, 0) is 0 Å². The molecule has 0 unspecified atom stereocenters. The lowest BCUT2D eigenvalue weighted by molar-refractivity contribution is 0.869. The molecule has 0 aliphatic carbocycles. The number of nitrogens with zero attached hydrogens (tertiary/aromatic N) is 2. The van der Waals surface area contributed by atoms with Crippen molar-refractivity contribution in [2.75, 3.05) is 0 Å². The number of pyridine rings is 1. The summed E-state index contributed by atoms with van der Waals surface area (Å²) in [6.45, 7) is 4.32. The number of hydrogen-bond donors (Lipinski definition) is 1. The second-order valence-corrected chi connectivity index (χ2v) is 3.19. The molecule has 0 aliphatic rings. The molecule has 0 fully saturated rings. The Labute approximate surface area is 72.3 Å². The minimum absolute atomic E-state index is 0. The Morgan fingerprint density at radius 2 is 2.33 bits per heavy atom. The number of fused-ring (bicyclic) bond motifs is 1. The van der Waals surface area contributed by atoms with Gasteiger partial charge in [0, 0.05) is 7.62 Å². The van der Waals surface area contributed by atoms with Gasteiger partial charge in [-0.1, -0.05) is 13.8 Å². The van der Waals surface area contributed by atoms with E-state index in [0.29, 0.717) is 5.92 Å². The Kier molecular flexibility index (Phi) is 1.57. The maximum atomic E-state index is 4.19. The number of aromatic amines is 1. The van der Waals surface area contributed by atoms with Crippen LogP contribution in [0.15, 0.2) is 18.5 Å². The van der Waals surface area contributed by atoms with Crippen molar-refractivity contribution in [3.63, 3.8) is 0 Å². The van der Waals surface area contributed by atoms with Gasteiger partial charge in [0.1, 0.15) is 5.52 Å². The van der Waals surface area contributed by atoms with Gasteiger partial charge in [-0.15, -0.1) is 0 Å². The molecule has 0 bridgehead atoms. The van der Waals surface area contributed by atoms with E-state index in [4.69, 9.17) is 0 Å². The molecule has 0 aromatic carbocycles. The van der Waals surface area contributed by atoms with Gasteiger partial charge in [-0.25, -0.2) is 0 Å². The van der Waals surface area contributed by atoms with Crippen molar-refractivity contribution >= 4 is 11.0 Å². The first-order valence-corrected chi connectivity index (χ1v) is 4.07. The van der Waals surface area contributed by atoms with Crippen molar-refractivity contribution in [2.24, 2.45) is 0 Å². The minimum Gasteiger partial charge on any atom is -0.276 e. The van der Waals surface area contributed by atoms with Gasteiger partial charge in [-0.3, -0.25) is 10.1 Å². The second-order valence-electron chi connectivity index (χ2n) is 3.19. The van der Waals surface area contributed by atoms with E-state index < -0.39 is 0 Å². The van der Waals surface area contributed by atoms with Gasteiger partial charge in [0.25, 0.3) is 0 Å². The second kappa shape index (κ2) is 2.59. The van der Waals surface area contributed by atoms with Gasteiger partial charge in [-0.2, -0.15) is 5.10 Å². The first-order chi connectivity index (χ1) is 5.79. The maximum Gasteiger partial charge on any atom is 0.108 e. The lowest BCUT2D eigenvalue weighted by atomic mass is 10.0. The Morgan fingerprint density at radius 3 is 3.08 bits per heavy atom. The van der Waals surface area contributed by atoms with Gasteiger partial charge >= 0.3 is 0 Å². The zero-order chi connectivity index (χ0) is 8.55. The molecule has 0 saturated carbocycles. The van der Waals surface area contributed by atoms with Crippen molar-refractivity contribution in [1.82, 2.24) is 15.2 Å². The summed E-state index contributed by atoms with van der Waals surface area (Å²) in [4.78, 5) is 4.19. The Balaban J connectivity index is 0.000000845. The summed E-state index contributed by atoms with van der Waals surface area (Å²) >= 11 is 0. The van der Waals surface area contributed by atoms with Crippen LogP contribution >= 0.6 is 0 Å². The van der Waals surface area contributed by atoms with E-state index in [9.17, 15) is 0 Å². The summed E-state index contributed by atoms with van der Waals surface area (Å²) in [5.74, 6) is 0.510. The minimum atomic E-state index is 0. The number of H-pyrrole nitrogens is 1. The molecule has 3 nitrogen and oxygen atoms in total. The number of hydrogen-bond acceptors (Lipinski definition) is 2. The molecule has 3 heteroatoms. The molecule has 2 aromatic rings. The van der Waals surface area contributed by atoms with E-state index in [1.807, 2.05) is 12.3 Å². The molecular formula is C9H13N3. The Hall–Kier alpha value is -1.38. The van der Waals surface area contributed by atoms with Crippen LogP contribution in [0.3, 0.4) is 0 Å². The third-order valence-electron chi connectivity index (χ3n) is 2.00. The Bertz CT molecular complexity index is 394. The molecule has 0 aliphatic heterocycles. The highest BCUT2D eigenvalue weighted by atomic mass is 15.1. The van der Waals surface area contributed by atoms with E-state index >= 15 is 0 Å². The van der Waals surface area contributed by atoms with Crippen LogP contribution in [0, 0.1) is 0 Å². The van der Waals surface area contributed by atoms with Crippen molar-refractivity contribution in [3.05, 3.63) is 24.0 Å². The normalized spacial score (nSPS) is 11.2. The molecule has 0 spiro atoms. The summed E-state index contributed by atoms with van der Waals surface area (Å²) in [7, 11) is 0. The average molecular weight is 163 g/mol. The maximum absolute atomic E-state index is 4.19. The van der Waals surface area contributed by atoms with E-state index in [-0.39, 0.29) is 1.43 Å². The van der Waals surface area contributed by atoms with Crippen molar-refractivity contribution in [2.45, 2.75) is 19.8 Å². The van der Waals surface area contributed by atoms with Crippen LogP contribution in [0.2, 0.25) is 0 Å². The first-order valence-electron chi connectivity index (χ1n) is 4.07. The lowest BCUT2D eigenvalue weighted by Crippen LogP contribution is -1.89. The number of aromatic nitrogens is 3. The Morgan fingerprint density at radius 1 is 1.50 bits per heavy atom. The first kappa shape index (κ1) is 7.28. The number of nitrogens with one attached hydrogen (secondary N) is 1. The lowest BCUT2D eigenvalue weighted by Gasteiger charge is -2.04. The zero-order valence-corrected chi connectivity index (χ0v) is 7.20. The largest absolute Gasteiger partial charge is 0.276 e. The fourth-order valence-corrected chi connectivity index (χ4v) is 1.35. The van der Waals surface area contributed by atoms with Crippen molar-refractivity contribution in [1.29, 1.82) is 0 Å². The molecule has 2 rings (SSSR count). The van der Waals surface area contributed by atoms with Gasteiger partial charge in [0.05, 0.1) is 11.7 Å². The van der Waals surface area contributed by atoms with Crippen molar-refractivity contribution in [3.8, 4) is 0 Å². The summed E-state index contributed by atoms with van der Waals surface area (Å²) < 4.78 is 0. The fraction of sp³-hybridized carbons (Fsp3) is 0.333. The van der Waals surface area contributed by atoms with E-state index in [2.05, 4.69) is 29.0 Å². The van der Waals surface area contributed by atoms with Crippen LogP contribution in [0.5, 0.6) is 0 Å². The predicted octanol–water partition coefficient (Wildman–Crippen LogP) is 2.33. The molecule has 12 heavy (non-hydrogen) atoms. The highest BCUT2D eigenvalue weighted by Crippen LogP contribution is 2.20. The van der Waals surface area contributed by atoms with Gasteiger partial charge in [0.15, 0.2) is 0 Å². The van der Waals surface area contributed by atoms with E-state index in [1.54, 1.807) is 6.20 Å². The molecule has 2 heterocycles. The van der Waals surface area contributed by atoms with Crippen LogP contribution in [0.1, 0.15) is 26.8 Å². The highest BCUT2D eigenvalue weighted by molar-refractivity contribution is 5.77. The number of rotatable bonds is 1. The zero-order valence-electron chi connectivity index (χ0n) is 7.20. The topological polar surface area (TPSA) is 41.6 Å². The van der Waals surface area contributed by atoms with Crippen molar-refractivity contribution < 1.29 is 1.43 Å². The fourth-order valence-electron chi connectivity index (χ4n) is 1.35. The van der Waals surface area contributed by atoms with Gasteiger partial charge < -0.3 is 0 Å². The molecule has 0 amide bonds. The monoisotopic (exact) mass is 163 g/mol. The summed E-state index contributed by atoms with van der Waals surface area (Å²) in [5, 5.41) is 6.91. The SMILES string of the molecule is CC(C)c1ccnc2cn[nH]c12.[HH]. The van der Waals surface area contributed by atoms with Crippen LogP contribution < -0.4 is 0 Å². The molecule has 0 atom stereocenters. The quantitative estimate of drug-likeness (QED) is 0.701. The molecule has 0 radical (unpaired) electrons. The summed E-state index contributed by atoms with van der Waals surface area (Å²) in [6.07, 6.45) is 3.58. The third-order valence-corrected chi connectivity index (χ3v) is 2.00. The molecule has 64 valence electrons. The van der Waals surface area contributed by atoms with E-state index in [1.165, 1.54) is 5.56 Å². The van der Waals surface area contributed by atoms with Gasteiger partial charge in [-0.05, 0) is 17.5 Å². The summed E-state index contributed by atoms with van der Waals surface area (Å²) in [5.41, 5.74) is 3.28. The molecule has 2 aromatic heterocycles. The summed E-state index contributed by atoms with van der Waals surface area (Å²) in [6, 6.07) is 2.03. The highest BCUT2D eigenvalue weighted by Gasteiger charge is 2.05. The average Bonchev–Trinajstić information content (AvgIpc) is 2.49. The van der Waals surface area contributed by atoms with Crippen LogP contribution in [-0.4, -0.2) is 15.2 Å². The molecule has 1 N–H and O–H groups in total. The van der Waals surface area contributed by atoms with Crippen LogP contribution in [0.25, 0.3) is 11.0 Å².